The highest BCUT2D eigenvalue weighted by Gasteiger charge is 2.15. The van der Waals surface area contributed by atoms with Crippen LogP contribution in [0.4, 0.5) is 11.5 Å². The molecule has 0 unspecified atom stereocenters. The van der Waals surface area contributed by atoms with E-state index in [2.05, 4.69) is 20.4 Å². The van der Waals surface area contributed by atoms with Crippen LogP contribution in [0.25, 0.3) is 5.52 Å². The molecule has 0 radical (unpaired) electrons. The fourth-order valence-corrected chi connectivity index (χ4v) is 2.20. The van der Waals surface area contributed by atoms with Crippen molar-refractivity contribution in [1.82, 2.24) is 19.6 Å². The van der Waals surface area contributed by atoms with Crippen LogP contribution in [0.1, 0.15) is 12.5 Å². The average molecular weight is 313 g/mol. The van der Waals surface area contributed by atoms with E-state index in [-0.39, 0.29) is 5.97 Å². The van der Waals surface area contributed by atoms with Gasteiger partial charge in [-0.2, -0.15) is 5.10 Å². The van der Waals surface area contributed by atoms with Crippen molar-refractivity contribution in [3.05, 3.63) is 36.4 Å². The minimum Gasteiger partial charge on any atom is -0.481 e. The van der Waals surface area contributed by atoms with Gasteiger partial charge in [-0.15, -0.1) is 0 Å². The molecule has 0 atom stereocenters. The Balaban J connectivity index is 1.99. The van der Waals surface area contributed by atoms with Crippen LogP contribution in [0.3, 0.4) is 0 Å². The Kier molecular flexibility index (Phi) is 3.80. The molecule has 0 aliphatic carbocycles. The zero-order chi connectivity index (χ0) is 16.4. The molecular formula is C15H15N5O3. The van der Waals surface area contributed by atoms with Crippen LogP contribution < -0.4 is 14.8 Å². The van der Waals surface area contributed by atoms with Gasteiger partial charge in [-0.1, -0.05) is 0 Å². The highest BCUT2D eigenvalue weighted by atomic mass is 16.5. The van der Waals surface area contributed by atoms with Crippen LogP contribution in [-0.4, -0.2) is 32.7 Å². The highest BCUT2D eigenvalue weighted by Crippen LogP contribution is 2.29. The summed E-state index contributed by atoms with van der Waals surface area (Å²) >= 11 is 0. The number of nitrogens with one attached hydrogen (secondary N) is 1. The zero-order valence-electron chi connectivity index (χ0n) is 12.9. The standard InChI is InChI=1S/C15H15N5O3/c1-9-12(23-10(2)21)7-20-14(9)15(17-8-18-20)19-11-4-5-13(22-3)16-6-11/h4-8H,1-3H3,(H,17,18,19). The highest BCUT2D eigenvalue weighted by molar-refractivity contribution is 5.80. The smallest absolute Gasteiger partial charge is 0.308 e. The molecule has 23 heavy (non-hydrogen) atoms. The topological polar surface area (TPSA) is 90.6 Å². The molecule has 3 rings (SSSR count). The predicted octanol–water partition coefficient (Wildman–Crippen LogP) is 2.11. The fraction of sp³-hybridized carbons (Fsp3) is 0.200. The van der Waals surface area contributed by atoms with Crippen LogP contribution >= 0.6 is 0 Å². The molecule has 0 spiro atoms. The number of hydrogen-bond acceptors (Lipinski definition) is 7. The minimum atomic E-state index is -0.383. The van der Waals surface area contributed by atoms with Crippen LogP contribution in [0.2, 0.25) is 0 Å². The first-order chi connectivity index (χ1) is 11.1. The molecule has 0 aliphatic rings. The van der Waals surface area contributed by atoms with Crippen LogP contribution in [-0.2, 0) is 4.79 Å². The van der Waals surface area contributed by atoms with Crippen molar-refractivity contribution >= 4 is 23.0 Å². The number of carbonyl (C=O) groups is 1. The van der Waals surface area contributed by atoms with Crippen molar-refractivity contribution in [1.29, 1.82) is 0 Å². The minimum absolute atomic E-state index is 0.383. The predicted molar refractivity (Wildman–Crippen MR) is 83.1 cm³/mol. The number of carbonyl (C=O) groups excluding carboxylic acids is 1. The van der Waals surface area contributed by atoms with Crippen molar-refractivity contribution < 1.29 is 14.3 Å². The number of fused-ring (bicyclic) bond motifs is 1. The lowest BCUT2D eigenvalue weighted by atomic mass is 10.3. The summed E-state index contributed by atoms with van der Waals surface area (Å²) < 4.78 is 11.8. The van der Waals surface area contributed by atoms with E-state index in [1.54, 1.807) is 30.1 Å². The van der Waals surface area contributed by atoms with E-state index in [0.29, 0.717) is 17.4 Å². The van der Waals surface area contributed by atoms with E-state index in [9.17, 15) is 4.79 Å². The molecular weight excluding hydrogens is 298 g/mol. The Hall–Kier alpha value is -3.16. The molecule has 0 bridgehead atoms. The number of methoxy groups -OCH3 is 1. The van der Waals surface area contributed by atoms with Gasteiger partial charge in [0.05, 0.1) is 25.2 Å². The molecule has 8 nitrogen and oxygen atoms in total. The molecule has 0 aliphatic heterocycles. The van der Waals surface area contributed by atoms with Crippen LogP contribution in [0.15, 0.2) is 30.9 Å². The van der Waals surface area contributed by atoms with Gasteiger partial charge in [-0.3, -0.25) is 4.79 Å². The number of ether oxygens (including phenoxy) is 2. The van der Waals surface area contributed by atoms with Gasteiger partial charge in [0, 0.05) is 18.6 Å². The molecule has 3 heterocycles. The molecule has 0 saturated carbocycles. The SMILES string of the molecule is COc1ccc(Nc2ncnn3cc(OC(C)=O)c(C)c23)cn1. The summed E-state index contributed by atoms with van der Waals surface area (Å²) in [5, 5.41) is 7.31. The Bertz CT molecular complexity index is 857. The van der Waals surface area contributed by atoms with Gasteiger partial charge in [0.15, 0.2) is 11.6 Å². The number of aromatic nitrogens is 4. The summed E-state index contributed by atoms with van der Waals surface area (Å²) in [6, 6.07) is 3.58. The number of aryl methyl sites for hydroxylation is 1. The summed E-state index contributed by atoms with van der Waals surface area (Å²) in [5.74, 6) is 1.18. The molecule has 1 N–H and O–H groups in total. The number of pyridine rings is 1. The second kappa shape index (κ2) is 5.91. The van der Waals surface area contributed by atoms with Gasteiger partial charge in [-0.05, 0) is 13.0 Å². The van der Waals surface area contributed by atoms with E-state index < -0.39 is 0 Å². The number of esters is 1. The van der Waals surface area contributed by atoms with Gasteiger partial charge in [0.25, 0.3) is 0 Å². The summed E-state index contributed by atoms with van der Waals surface area (Å²) in [6.45, 7) is 3.20. The number of anilines is 2. The van der Waals surface area contributed by atoms with Gasteiger partial charge in [-0.25, -0.2) is 14.5 Å². The first kappa shape index (κ1) is 14.8. The molecule has 0 amide bonds. The molecule has 8 heteroatoms. The van der Waals surface area contributed by atoms with Gasteiger partial charge >= 0.3 is 5.97 Å². The zero-order valence-corrected chi connectivity index (χ0v) is 12.9. The van der Waals surface area contributed by atoms with E-state index >= 15 is 0 Å². The lowest BCUT2D eigenvalue weighted by Gasteiger charge is -2.08. The van der Waals surface area contributed by atoms with Crippen molar-refractivity contribution in [3.8, 4) is 11.6 Å². The maximum Gasteiger partial charge on any atom is 0.308 e. The average Bonchev–Trinajstić information content (AvgIpc) is 2.85. The molecule has 0 saturated heterocycles. The third-order valence-electron chi connectivity index (χ3n) is 3.24. The maximum absolute atomic E-state index is 11.2. The lowest BCUT2D eigenvalue weighted by molar-refractivity contribution is -0.131. The molecule has 118 valence electrons. The van der Waals surface area contributed by atoms with Crippen molar-refractivity contribution in [2.75, 3.05) is 12.4 Å². The van der Waals surface area contributed by atoms with Crippen molar-refractivity contribution in [3.63, 3.8) is 0 Å². The second-order valence-electron chi connectivity index (χ2n) is 4.83. The summed E-state index contributed by atoms with van der Waals surface area (Å²) in [7, 11) is 1.56. The number of rotatable bonds is 4. The number of nitrogens with zero attached hydrogens (tertiary/aromatic N) is 4. The van der Waals surface area contributed by atoms with Crippen molar-refractivity contribution in [2.45, 2.75) is 13.8 Å². The normalized spacial score (nSPS) is 10.6. The monoisotopic (exact) mass is 313 g/mol. The lowest BCUT2D eigenvalue weighted by Crippen LogP contribution is -2.01. The fourth-order valence-electron chi connectivity index (χ4n) is 2.20. The van der Waals surface area contributed by atoms with Gasteiger partial charge in [0.2, 0.25) is 5.88 Å². The third kappa shape index (κ3) is 2.91. The van der Waals surface area contributed by atoms with E-state index in [0.717, 1.165) is 16.8 Å². The third-order valence-corrected chi connectivity index (χ3v) is 3.24. The second-order valence-corrected chi connectivity index (χ2v) is 4.83. The Morgan fingerprint density at radius 3 is 2.78 bits per heavy atom. The largest absolute Gasteiger partial charge is 0.481 e. The van der Waals surface area contributed by atoms with E-state index in [4.69, 9.17) is 9.47 Å². The maximum atomic E-state index is 11.2. The Labute approximate surface area is 132 Å². The van der Waals surface area contributed by atoms with Crippen LogP contribution in [0, 0.1) is 6.92 Å². The molecule has 3 aromatic heterocycles. The first-order valence-electron chi connectivity index (χ1n) is 6.87. The van der Waals surface area contributed by atoms with E-state index in [1.165, 1.54) is 13.3 Å². The molecule has 0 aromatic carbocycles. The van der Waals surface area contributed by atoms with Crippen LogP contribution in [0.5, 0.6) is 11.6 Å². The summed E-state index contributed by atoms with van der Waals surface area (Å²) in [4.78, 5) is 19.6. The number of hydrogen-bond donors (Lipinski definition) is 1. The summed E-state index contributed by atoms with van der Waals surface area (Å²) in [5.41, 5.74) is 2.24. The Morgan fingerprint density at radius 2 is 2.13 bits per heavy atom. The van der Waals surface area contributed by atoms with Crippen molar-refractivity contribution in [2.24, 2.45) is 0 Å². The Morgan fingerprint density at radius 1 is 1.30 bits per heavy atom. The quantitative estimate of drug-likeness (QED) is 0.738. The molecule has 0 fully saturated rings. The molecule has 3 aromatic rings. The van der Waals surface area contributed by atoms with E-state index in [1.807, 2.05) is 13.0 Å². The first-order valence-corrected chi connectivity index (χ1v) is 6.87. The summed E-state index contributed by atoms with van der Waals surface area (Å²) in [6.07, 6.45) is 4.71. The van der Waals surface area contributed by atoms with Gasteiger partial charge < -0.3 is 14.8 Å². The van der Waals surface area contributed by atoms with Gasteiger partial charge in [0.1, 0.15) is 11.8 Å².